The summed E-state index contributed by atoms with van der Waals surface area (Å²) in [7, 11) is 0. The minimum absolute atomic E-state index is 0.241. The van der Waals surface area contributed by atoms with Crippen molar-refractivity contribution in [3.63, 3.8) is 0 Å². The predicted molar refractivity (Wildman–Crippen MR) is 257 cm³/mol. The summed E-state index contributed by atoms with van der Waals surface area (Å²) in [6, 6.07) is 0. The topological polar surface area (TPSA) is 112 Å². The van der Waals surface area contributed by atoms with Crippen molar-refractivity contribution < 1.29 is 29.7 Å². The van der Waals surface area contributed by atoms with E-state index in [2.05, 4.69) is 27.7 Å². The van der Waals surface area contributed by atoms with E-state index in [-0.39, 0.29) is 24.7 Å². The lowest BCUT2D eigenvalue weighted by atomic mass is 9.58. The first kappa shape index (κ1) is 58.4. The largest absolute Gasteiger partial charge is 0.481 e. The summed E-state index contributed by atoms with van der Waals surface area (Å²) in [5.41, 5.74) is -0.637. The van der Waals surface area contributed by atoms with Crippen LogP contribution in [-0.2, 0) is 14.4 Å². The number of hydrogen-bond donors (Lipinski definition) is 3. The Morgan fingerprint density at radius 2 is 0.600 bits per heavy atom. The van der Waals surface area contributed by atoms with Crippen LogP contribution in [0.3, 0.4) is 0 Å². The lowest BCUT2D eigenvalue weighted by Crippen LogP contribution is -2.45. The Morgan fingerprint density at radius 1 is 0.350 bits per heavy atom. The van der Waals surface area contributed by atoms with Gasteiger partial charge in [0.25, 0.3) is 0 Å². The molecule has 6 nitrogen and oxygen atoms in total. The second-order valence-electron chi connectivity index (χ2n) is 19.8. The van der Waals surface area contributed by atoms with Crippen molar-refractivity contribution in [1.29, 1.82) is 0 Å². The van der Waals surface area contributed by atoms with E-state index < -0.39 is 23.3 Å². The zero-order chi connectivity index (χ0) is 44.4. The first-order chi connectivity index (χ1) is 29.1. The van der Waals surface area contributed by atoms with Crippen LogP contribution in [0.2, 0.25) is 0 Å². The molecule has 6 heteroatoms. The first-order valence-electron chi connectivity index (χ1n) is 26.8. The van der Waals surface area contributed by atoms with E-state index in [0.717, 1.165) is 115 Å². The summed E-state index contributed by atoms with van der Waals surface area (Å²) < 4.78 is 0. The number of rotatable bonds is 49. The van der Waals surface area contributed by atoms with Crippen LogP contribution in [0.4, 0.5) is 0 Å². The molecule has 0 aliphatic rings. The van der Waals surface area contributed by atoms with Crippen LogP contribution < -0.4 is 0 Å². The molecule has 0 radical (unpaired) electrons. The van der Waals surface area contributed by atoms with Gasteiger partial charge in [0.1, 0.15) is 0 Å². The molecule has 0 aliphatic heterocycles. The number of carbonyl (C=O) groups is 3. The molecular weight excluding hydrogens is 745 g/mol. The van der Waals surface area contributed by atoms with Crippen molar-refractivity contribution in [2.24, 2.45) is 23.2 Å². The van der Waals surface area contributed by atoms with E-state index in [9.17, 15) is 19.5 Å². The molecule has 60 heavy (non-hydrogen) atoms. The van der Waals surface area contributed by atoms with Gasteiger partial charge < -0.3 is 15.3 Å². The summed E-state index contributed by atoms with van der Waals surface area (Å²) in [5.74, 6) is -0.564. The molecular formula is C54H104O6. The molecule has 0 bridgehead atoms. The molecule has 2 atom stereocenters. The van der Waals surface area contributed by atoms with Gasteiger partial charge in [0.2, 0.25) is 0 Å². The standard InChI is InChI=1S/C54H104O6/c1-5-7-9-33-41-49(43-35-27-21-15-17-23-29-37-45-51(55)56)54(53(59)60,47-39-31-25-19-13-11-12-14-20-26-32-40-48(3)4)50(42-34-10-8-6-2)44-36-28-22-16-18-24-30-38-46-52(57)58/h48-50H,5-47H2,1-4H3,(H,55,56)(H,57,58)(H,59,60). The van der Waals surface area contributed by atoms with E-state index in [1.54, 1.807) is 0 Å². The van der Waals surface area contributed by atoms with Crippen molar-refractivity contribution in [1.82, 2.24) is 0 Å². The maximum absolute atomic E-state index is 14.2. The Bertz CT molecular complexity index is 912. The van der Waals surface area contributed by atoms with Crippen molar-refractivity contribution in [3.05, 3.63) is 0 Å². The number of aliphatic carboxylic acids is 3. The van der Waals surface area contributed by atoms with Crippen LogP contribution >= 0.6 is 0 Å². The fraction of sp³-hybridized carbons (Fsp3) is 0.944. The number of hydrogen-bond acceptors (Lipinski definition) is 3. The summed E-state index contributed by atoms with van der Waals surface area (Å²) >= 11 is 0. The van der Waals surface area contributed by atoms with Crippen LogP contribution in [0.15, 0.2) is 0 Å². The smallest absolute Gasteiger partial charge is 0.310 e. The van der Waals surface area contributed by atoms with E-state index >= 15 is 0 Å². The zero-order valence-electron chi connectivity index (χ0n) is 40.7. The van der Waals surface area contributed by atoms with Crippen molar-refractivity contribution in [2.45, 2.75) is 304 Å². The van der Waals surface area contributed by atoms with Crippen LogP contribution in [0.1, 0.15) is 304 Å². The van der Waals surface area contributed by atoms with Crippen molar-refractivity contribution >= 4 is 17.9 Å². The fourth-order valence-corrected chi connectivity index (χ4v) is 10.2. The second kappa shape index (κ2) is 42.7. The van der Waals surface area contributed by atoms with E-state index in [1.807, 2.05) is 0 Å². The molecule has 0 aromatic heterocycles. The van der Waals surface area contributed by atoms with Crippen LogP contribution in [0.5, 0.6) is 0 Å². The molecule has 0 aromatic carbocycles. The average Bonchev–Trinajstić information content (AvgIpc) is 3.21. The SMILES string of the molecule is CCCCCCC(CCCCCCCCCCC(=O)O)C(CCCCCCCCCCCCCC(C)C)(C(=O)O)C(CCCCCC)CCCCCCCCCCC(=O)O. The van der Waals surface area contributed by atoms with E-state index in [4.69, 9.17) is 10.2 Å². The Kier molecular flexibility index (Phi) is 41.6. The van der Waals surface area contributed by atoms with Crippen LogP contribution in [-0.4, -0.2) is 33.2 Å². The molecule has 0 aliphatic carbocycles. The third-order valence-corrected chi connectivity index (χ3v) is 13.9. The van der Waals surface area contributed by atoms with Gasteiger partial charge in [-0.1, -0.05) is 246 Å². The highest BCUT2D eigenvalue weighted by molar-refractivity contribution is 5.75. The Labute approximate surface area is 373 Å². The quantitative estimate of drug-likeness (QED) is 0.0526. The molecule has 3 N–H and O–H groups in total. The summed E-state index contributed by atoms with van der Waals surface area (Å²) in [4.78, 5) is 35.9. The van der Waals surface area contributed by atoms with Gasteiger partial charge >= 0.3 is 17.9 Å². The Morgan fingerprint density at radius 3 is 0.867 bits per heavy atom. The molecule has 0 saturated heterocycles. The van der Waals surface area contributed by atoms with Gasteiger partial charge in [-0.25, -0.2) is 0 Å². The van der Waals surface area contributed by atoms with Gasteiger partial charge in [-0.2, -0.15) is 0 Å². The minimum atomic E-state index is -0.693. The van der Waals surface area contributed by atoms with Gasteiger partial charge in [0.15, 0.2) is 0 Å². The maximum atomic E-state index is 14.2. The average molecular weight is 849 g/mol. The molecule has 0 rings (SSSR count). The lowest BCUT2D eigenvalue weighted by molar-refractivity contribution is -0.160. The van der Waals surface area contributed by atoms with Gasteiger partial charge in [0.05, 0.1) is 5.41 Å². The molecule has 0 aromatic rings. The minimum Gasteiger partial charge on any atom is -0.481 e. The molecule has 0 spiro atoms. The Balaban J connectivity index is 5.78. The fourth-order valence-electron chi connectivity index (χ4n) is 10.2. The maximum Gasteiger partial charge on any atom is 0.310 e. The predicted octanol–water partition coefficient (Wildman–Crippen LogP) is 17.9. The van der Waals surface area contributed by atoms with Crippen LogP contribution in [0, 0.1) is 23.2 Å². The third kappa shape index (κ3) is 34.0. The summed E-state index contributed by atoms with van der Waals surface area (Å²) in [6.45, 7) is 9.19. The Hall–Kier alpha value is -1.59. The first-order valence-corrected chi connectivity index (χ1v) is 26.8. The summed E-state index contributed by atoms with van der Waals surface area (Å²) in [6.07, 6.45) is 48.3. The van der Waals surface area contributed by atoms with Crippen LogP contribution in [0.25, 0.3) is 0 Å². The van der Waals surface area contributed by atoms with E-state index in [0.29, 0.717) is 0 Å². The third-order valence-electron chi connectivity index (χ3n) is 13.9. The molecule has 0 amide bonds. The number of unbranched alkanes of at least 4 members (excludes halogenated alkanes) is 30. The highest BCUT2D eigenvalue weighted by Gasteiger charge is 2.49. The zero-order valence-corrected chi connectivity index (χ0v) is 40.7. The number of carboxylic acid groups (broad SMARTS) is 3. The van der Waals surface area contributed by atoms with E-state index in [1.165, 1.54) is 154 Å². The molecule has 0 saturated carbocycles. The highest BCUT2D eigenvalue weighted by atomic mass is 16.4. The van der Waals surface area contributed by atoms with Gasteiger partial charge in [-0.15, -0.1) is 0 Å². The van der Waals surface area contributed by atoms with Gasteiger partial charge in [-0.05, 0) is 62.7 Å². The second-order valence-corrected chi connectivity index (χ2v) is 19.8. The number of carboxylic acids is 3. The monoisotopic (exact) mass is 849 g/mol. The summed E-state index contributed by atoms with van der Waals surface area (Å²) in [5, 5.41) is 29.5. The van der Waals surface area contributed by atoms with Crippen molar-refractivity contribution in [3.8, 4) is 0 Å². The van der Waals surface area contributed by atoms with Crippen molar-refractivity contribution in [2.75, 3.05) is 0 Å². The van der Waals surface area contributed by atoms with Gasteiger partial charge in [0, 0.05) is 12.8 Å². The van der Waals surface area contributed by atoms with Gasteiger partial charge in [-0.3, -0.25) is 14.4 Å². The molecule has 0 fully saturated rings. The highest BCUT2D eigenvalue weighted by Crippen LogP contribution is 2.50. The lowest BCUT2D eigenvalue weighted by Gasteiger charge is -2.44. The molecule has 0 heterocycles. The normalized spacial score (nSPS) is 13.8. The molecule has 2 unspecified atom stereocenters. The molecule has 356 valence electrons.